The molecule has 15 heavy (non-hydrogen) atoms. The smallest absolute Gasteiger partial charge is 0.0431 e. The summed E-state index contributed by atoms with van der Waals surface area (Å²) in [5.74, 6) is 0. The lowest BCUT2D eigenvalue weighted by molar-refractivity contribution is 0.264. The van der Waals surface area contributed by atoms with Crippen LogP contribution in [0.4, 0.5) is 0 Å². The highest BCUT2D eigenvalue weighted by Crippen LogP contribution is 2.01. The summed E-state index contributed by atoms with van der Waals surface area (Å²) in [6, 6.07) is 10.6. The zero-order chi connectivity index (χ0) is 10.9. The van der Waals surface area contributed by atoms with Gasteiger partial charge in [0.2, 0.25) is 0 Å². The van der Waals surface area contributed by atoms with E-state index in [2.05, 4.69) is 42.3 Å². The number of aliphatic hydroxyl groups excluding tert-OH is 1. The third kappa shape index (κ3) is 5.55. The number of aliphatic hydroxyl groups is 1. The van der Waals surface area contributed by atoms with Gasteiger partial charge >= 0.3 is 0 Å². The van der Waals surface area contributed by atoms with Crippen LogP contribution in [0.25, 0.3) is 0 Å². The number of hydrogen-bond acceptors (Lipinski definition) is 2. The minimum absolute atomic E-state index is 0.312. The van der Waals surface area contributed by atoms with E-state index in [9.17, 15) is 0 Å². The molecule has 1 aromatic rings. The van der Waals surface area contributed by atoms with Gasteiger partial charge in [0.1, 0.15) is 0 Å². The number of rotatable bonds is 7. The summed E-state index contributed by atoms with van der Waals surface area (Å²) < 4.78 is 0. The zero-order valence-electron chi connectivity index (χ0n) is 9.52. The molecule has 0 bridgehead atoms. The number of likely N-dealkylation sites (N-methyl/N-ethyl adjacent to an activating group) is 1. The van der Waals surface area contributed by atoms with Crippen LogP contribution in [0.3, 0.4) is 0 Å². The molecule has 0 atom stereocenters. The monoisotopic (exact) mass is 207 g/mol. The van der Waals surface area contributed by atoms with Gasteiger partial charge in [-0.2, -0.15) is 0 Å². The highest BCUT2D eigenvalue weighted by molar-refractivity contribution is 5.14. The Morgan fingerprint density at radius 3 is 2.47 bits per heavy atom. The zero-order valence-corrected chi connectivity index (χ0v) is 9.52. The fourth-order valence-corrected chi connectivity index (χ4v) is 1.57. The number of hydrogen-bond donors (Lipinski definition) is 1. The average molecular weight is 207 g/mol. The van der Waals surface area contributed by atoms with Crippen molar-refractivity contribution in [2.24, 2.45) is 0 Å². The molecule has 0 amide bonds. The molecule has 0 aliphatic rings. The average Bonchev–Trinajstić information content (AvgIpc) is 2.28. The molecule has 0 radical (unpaired) electrons. The van der Waals surface area contributed by atoms with Crippen molar-refractivity contribution < 1.29 is 5.11 Å². The Balaban J connectivity index is 2.14. The van der Waals surface area contributed by atoms with Crippen LogP contribution in [0.5, 0.6) is 0 Å². The summed E-state index contributed by atoms with van der Waals surface area (Å²) in [4.78, 5) is 2.32. The SMILES string of the molecule is CN(CCCCO)CCc1ccccc1. The Kier molecular flexibility index (Phi) is 6.05. The Hall–Kier alpha value is -0.860. The largest absolute Gasteiger partial charge is 0.396 e. The van der Waals surface area contributed by atoms with Crippen molar-refractivity contribution in [1.82, 2.24) is 4.90 Å². The van der Waals surface area contributed by atoms with E-state index in [0.717, 1.165) is 32.4 Å². The summed E-state index contributed by atoms with van der Waals surface area (Å²) in [5, 5.41) is 8.67. The summed E-state index contributed by atoms with van der Waals surface area (Å²) in [6.07, 6.45) is 3.11. The maximum atomic E-state index is 8.67. The predicted molar refractivity (Wildman–Crippen MR) is 64.0 cm³/mol. The van der Waals surface area contributed by atoms with Crippen molar-refractivity contribution in [3.63, 3.8) is 0 Å². The first-order valence-corrected chi connectivity index (χ1v) is 5.66. The van der Waals surface area contributed by atoms with Gasteiger partial charge in [-0.05, 0) is 38.4 Å². The van der Waals surface area contributed by atoms with Crippen LogP contribution < -0.4 is 0 Å². The van der Waals surface area contributed by atoms with Crippen molar-refractivity contribution in [2.45, 2.75) is 19.3 Å². The number of nitrogens with zero attached hydrogens (tertiary/aromatic N) is 1. The summed E-state index contributed by atoms with van der Waals surface area (Å²) in [7, 11) is 2.14. The summed E-state index contributed by atoms with van der Waals surface area (Å²) >= 11 is 0. The van der Waals surface area contributed by atoms with Crippen LogP contribution in [-0.4, -0.2) is 36.8 Å². The fourth-order valence-electron chi connectivity index (χ4n) is 1.57. The van der Waals surface area contributed by atoms with E-state index in [-0.39, 0.29) is 0 Å². The molecule has 2 nitrogen and oxygen atoms in total. The maximum Gasteiger partial charge on any atom is 0.0431 e. The van der Waals surface area contributed by atoms with Gasteiger partial charge in [0.15, 0.2) is 0 Å². The first-order chi connectivity index (χ1) is 7.33. The Bertz CT molecular complexity index is 248. The molecule has 0 fully saturated rings. The lowest BCUT2D eigenvalue weighted by Gasteiger charge is -2.15. The minimum atomic E-state index is 0.312. The lowest BCUT2D eigenvalue weighted by Crippen LogP contribution is -2.22. The Morgan fingerprint density at radius 2 is 1.80 bits per heavy atom. The van der Waals surface area contributed by atoms with Gasteiger partial charge < -0.3 is 10.0 Å². The van der Waals surface area contributed by atoms with E-state index in [1.54, 1.807) is 0 Å². The van der Waals surface area contributed by atoms with Crippen LogP contribution in [0.1, 0.15) is 18.4 Å². The predicted octanol–water partition coefficient (Wildman–Crippen LogP) is 1.93. The molecule has 0 spiro atoms. The Morgan fingerprint density at radius 1 is 1.07 bits per heavy atom. The Labute approximate surface area is 92.5 Å². The van der Waals surface area contributed by atoms with Gasteiger partial charge in [-0.25, -0.2) is 0 Å². The fraction of sp³-hybridized carbons (Fsp3) is 0.538. The standard InChI is InChI=1S/C13H21NO/c1-14(10-5-6-12-15)11-9-13-7-3-2-4-8-13/h2-4,7-8,15H,5-6,9-12H2,1H3. The molecule has 0 aliphatic carbocycles. The normalized spacial score (nSPS) is 10.9. The second-order valence-electron chi connectivity index (χ2n) is 3.97. The van der Waals surface area contributed by atoms with Gasteiger partial charge in [0.25, 0.3) is 0 Å². The highest BCUT2D eigenvalue weighted by atomic mass is 16.2. The molecule has 1 aromatic carbocycles. The number of benzene rings is 1. The third-order valence-electron chi connectivity index (χ3n) is 2.57. The van der Waals surface area contributed by atoms with Crippen molar-refractivity contribution in [3.8, 4) is 0 Å². The summed E-state index contributed by atoms with van der Waals surface area (Å²) in [5.41, 5.74) is 1.39. The van der Waals surface area contributed by atoms with Crippen LogP contribution in [0.15, 0.2) is 30.3 Å². The van der Waals surface area contributed by atoms with Gasteiger partial charge in [-0.15, -0.1) is 0 Å². The van der Waals surface area contributed by atoms with Crippen LogP contribution >= 0.6 is 0 Å². The molecule has 1 rings (SSSR count). The first kappa shape index (κ1) is 12.2. The van der Waals surface area contributed by atoms with Crippen molar-refractivity contribution >= 4 is 0 Å². The molecule has 2 heteroatoms. The molecule has 84 valence electrons. The maximum absolute atomic E-state index is 8.67. The lowest BCUT2D eigenvalue weighted by atomic mass is 10.1. The molecule has 0 heterocycles. The van der Waals surface area contributed by atoms with Gasteiger partial charge in [-0.1, -0.05) is 30.3 Å². The van der Waals surface area contributed by atoms with Crippen molar-refractivity contribution in [3.05, 3.63) is 35.9 Å². The molecule has 0 saturated carbocycles. The second-order valence-corrected chi connectivity index (χ2v) is 3.97. The topological polar surface area (TPSA) is 23.5 Å². The summed E-state index contributed by atoms with van der Waals surface area (Å²) in [6.45, 7) is 2.48. The van der Waals surface area contributed by atoms with E-state index < -0.39 is 0 Å². The molecular formula is C13H21NO. The van der Waals surface area contributed by atoms with Gasteiger partial charge in [0.05, 0.1) is 0 Å². The third-order valence-corrected chi connectivity index (χ3v) is 2.57. The first-order valence-electron chi connectivity index (χ1n) is 5.66. The van der Waals surface area contributed by atoms with Crippen LogP contribution in [-0.2, 0) is 6.42 Å². The molecule has 0 saturated heterocycles. The molecule has 1 N–H and O–H groups in total. The van der Waals surface area contributed by atoms with Gasteiger partial charge in [-0.3, -0.25) is 0 Å². The molecule has 0 unspecified atom stereocenters. The van der Waals surface area contributed by atoms with Crippen LogP contribution in [0.2, 0.25) is 0 Å². The quantitative estimate of drug-likeness (QED) is 0.691. The van der Waals surface area contributed by atoms with E-state index in [1.807, 2.05) is 0 Å². The van der Waals surface area contributed by atoms with Crippen molar-refractivity contribution in [1.29, 1.82) is 0 Å². The highest BCUT2D eigenvalue weighted by Gasteiger charge is 1.98. The second kappa shape index (κ2) is 7.43. The minimum Gasteiger partial charge on any atom is -0.396 e. The molecule has 0 aromatic heterocycles. The van der Waals surface area contributed by atoms with E-state index >= 15 is 0 Å². The number of unbranched alkanes of at least 4 members (excludes halogenated alkanes) is 1. The van der Waals surface area contributed by atoms with E-state index in [1.165, 1.54) is 5.56 Å². The van der Waals surface area contributed by atoms with E-state index in [0.29, 0.717) is 6.61 Å². The van der Waals surface area contributed by atoms with E-state index in [4.69, 9.17) is 5.11 Å². The van der Waals surface area contributed by atoms with Gasteiger partial charge in [0, 0.05) is 13.2 Å². The van der Waals surface area contributed by atoms with Crippen molar-refractivity contribution in [2.75, 3.05) is 26.7 Å². The molecular weight excluding hydrogens is 186 g/mol. The van der Waals surface area contributed by atoms with Crippen LogP contribution in [0, 0.1) is 0 Å². The molecule has 0 aliphatic heterocycles.